The number of aromatic nitrogens is 2. The van der Waals surface area contributed by atoms with Crippen molar-refractivity contribution in [1.82, 2.24) is 15.3 Å². The Morgan fingerprint density at radius 1 is 1.03 bits per heavy atom. The van der Waals surface area contributed by atoms with Crippen LogP contribution in [0, 0.1) is 0 Å². The van der Waals surface area contributed by atoms with Gasteiger partial charge in [0.2, 0.25) is 5.91 Å². The monoisotopic (exact) mass is 434 g/mol. The number of benzene rings is 2. The Hall–Kier alpha value is -3.39. The Morgan fingerprint density at radius 3 is 2.68 bits per heavy atom. The summed E-state index contributed by atoms with van der Waals surface area (Å²) in [5.74, 6) is 0.446. The second-order valence-corrected chi connectivity index (χ2v) is 7.91. The number of para-hydroxylation sites is 2. The summed E-state index contributed by atoms with van der Waals surface area (Å²) in [6.45, 7) is 1.39. The first-order valence-electron chi connectivity index (χ1n) is 10.1. The number of carbonyl (C=O) groups is 2. The molecule has 31 heavy (non-hydrogen) atoms. The molecule has 0 unspecified atom stereocenters. The number of fused-ring (bicyclic) bond motifs is 1. The average Bonchev–Trinajstić information content (AvgIpc) is 2.82. The molecule has 0 saturated carbocycles. The normalized spacial score (nSPS) is 12.6. The van der Waals surface area contributed by atoms with Gasteiger partial charge in [0.05, 0.1) is 12.2 Å². The van der Waals surface area contributed by atoms with Gasteiger partial charge in [-0.2, -0.15) is 0 Å². The van der Waals surface area contributed by atoms with Gasteiger partial charge in [0.25, 0.3) is 5.91 Å². The molecule has 0 fully saturated rings. The highest BCUT2D eigenvalue weighted by atomic mass is 32.2. The van der Waals surface area contributed by atoms with Gasteiger partial charge in [-0.1, -0.05) is 42.1 Å². The molecule has 0 saturated heterocycles. The van der Waals surface area contributed by atoms with Crippen molar-refractivity contribution in [1.29, 1.82) is 0 Å². The van der Waals surface area contributed by atoms with Crippen LogP contribution < -0.4 is 15.0 Å². The molecule has 158 valence electrons. The van der Waals surface area contributed by atoms with Crippen LogP contribution in [0.15, 0.2) is 76.9 Å². The smallest absolute Gasteiger partial charge is 0.272 e. The van der Waals surface area contributed by atoms with Crippen LogP contribution in [0.2, 0.25) is 0 Å². The number of anilines is 1. The van der Waals surface area contributed by atoms with Gasteiger partial charge in [0, 0.05) is 30.3 Å². The summed E-state index contributed by atoms with van der Waals surface area (Å²) in [5, 5.41) is 3.40. The number of hydrogen-bond acceptors (Lipinski definition) is 6. The van der Waals surface area contributed by atoms with Gasteiger partial charge in [-0.15, -0.1) is 0 Å². The Morgan fingerprint density at radius 2 is 1.81 bits per heavy atom. The topological polar surface area (TPSA) is 84.4 Å². The highest BCUT2D eigenvalue weighted by Crippen LogP contribution is 2.31. The molecule has 1 N–H and O–H groups in total. The molecule has 1 aromatic heterocycles. The Bertz CT molecular complexity index is 1060. The molecule has 2 heterocycles. The minimum atomic E-state index is -0.296. The Labute approximate surface area is 184 Å². The van der Waals surface area contributed by atoms with Crippen molar-refractivity contribution >= 4 is 29.3 Å². The van der Waals surface area contributed by atoms with Gasteiger partial charge in [0.15, 0.2) is 5.69 Å². The van der Waals surface area contributed by atoms with E-state index in [0.29, 0.717) is 37.6 Å². The molecule has 1 aliphatic rings. The van der Waals surface area contributed by atoms with Gasteiger partial charge >= 0.3 is 0 Å². The fraction of sp³-hybridized carbons (Fsp3) is 0.217. The minimum absolute atomic E-state index is 0.0184. The molecule has 4 rings (SSSR count). The zero-order valence-electron chi connectivity index (χ0n) is 16.9. The highest BCUT2D eigenvalue weighted by molar-refractivity contribution is 7.99. The van der Waals surface area contributed by atoms with E-state index in [9.17, 15) is 9.59 Å². The van der Waals surface area contributed by atoms with Crippen molar-refractivity contribution < 1.29 is 14.3 Å². The maximum atomic E-state index is 12.7. The summed E-state index contributed by atoms with van der Waals surface area (Å²) < 4.78 is 5.60. The van der Waals surface area contributed by atoms with Crippen LogP contribution in [0.5, 0.6) is 5.75 Å². The van der Waals surface area contributed by atoms with Crippen molar-refractivity contribution in [2.45, 2.75) is 22.8 Å². The number of hydrogen-bond donors (Lipinski definition) is 1. The van der Waals surface area contributed by atoms with Crippen molar-refractivity contribution in [3.63, 3.8) is 0 Å². The molecule has 0 radical (unpaired) electrons. The lowest BCUT2D eigenvalue weighted by atomic mass is 10.2. The van der Waals surface area contributed by atoms with Gasteiger partial charge < -0.3 is 15.0 Å². The molecular formula is C23H22N4O3S. The number of amides is 2. The van der Waals surface area contributed by atoms with E-state index in [4.69, 9.17) is 4.74 Å². The largest absolute Gasteiger partial charge is 0.490 e. The predicted octanol–water partition coefficient (Wildman–Crippen LogP) is 3.56. The third-order valence-electron chi connectivity index (χ3n) is 4.72. The van der Waals surface area contributed by atoms with Gasteiger partial charge in [-0.3, -0.25) is 9.59 Å². The van der Waals surface area contributed by atoms with Gasteiger partial charge in [0.1, 0.15) is 17.4 Å². The van der Waals surface area contributed by atoms with E-state index in [-0.39, 0.29) is 17.5 Å². The molecule has 8 heteroatoms. The summed E-state index contributed by atoms with van der Waals surface area (Å²) in [4.78, 5) is 36.5. The quantitative estimate of drug-likeness (QED) is 0.573. The summed E-state index contributed by atoms with van der Waals surface area (Å²) in [6, 6.07) is 17.2. The second-order valence-electron chi connectivity index (χ2n) is 6.85. The summed E-state index contributed by atoms with van der Waals surface area (Å²) in [7, 11) is 0. The molecule has 0 aliphatic carbocycles. The van der Waals surface area contributed by atoms with E-state index < -0.39 is 0 Å². The molecule has 0 bridgehead atoms. The number of rotatable bonds is 7. The molecule has 2 aromatic carbocycles. The van der Waals surface area contributed by atoms with Gasteiger partial charge in [-0.05, 0) is 30.7 Å². The van der Waals surface area contributed by atoms with E-state index in [2.05, 4.69) is 15.3 Å². The van der Waals surface area contributed by atoms with Crippen molar-refractivity contribution in [3.05, 3.63) is 72.7 Å². The maximum Gasteiger partial charge on any atom is 0.272 e. The lowest BCUT2D eigenvalue weighted by Gasteiger charge is -2.29. The number of ether oxygens (including phenoxy) is 1. The van der Waals surface area contributed by atoms with Crippen LogP contribution in [0.4, 0.5) is 5.69 Å². The average molecular weight is 435 g/mol. The molecule has 3 aromatic rings. The predicted molar refractivity (Wildman–Crippen MR) is 118 cm³/mol. The first-order valence-corrected chi connectivity index (χ1v) is 10.9. The first kappa shape index (κ1) is 20.9. The Kier molecular flexibility index (Phi) is 6.78. The number of nitrogens with one attached hydrogen (secondary N) is 1. The van der Waals surface area contributed by atoms with Crippen molar-refractivity contribution in [2.75, 3.05) is 24.6 Å². The zero-order chi connectivity index (χ0) is 21.5. The summed E-state index contributed by atoms with van der Waals surface area (Å²) >= 11 is 1.39. The highest BCUT2D eigenvalue weighted by Gasteiger charge is 2.23. The lowest BCUT2D eigenvalue weighted by Crippen LogP contribution is -2.38. The van der Waals surface area contributed by atoms with Crippen LogP contribution in [0.1, 0.15) is 23.3 Å². The van der Waals surface area contributed by atoms with E-state index in [0.717, 1.165) is 16.3 Å². The minimum Gasteiger partial charge on any atom is -0.490 e. The van der Waals surface area contributed by atoms with Crippen LogP contribution >= 0.6 is 11.8 Å². The van der Waals surface area contributed by atoms with Crippen molar-refractivity contribution in [3.8, 4) is 5.75 Å². The molecule has 0 atom stereocenters. The van der Waals surface area contributed by atoms with E-state index >= 15 is 0 Å². The fourth-order valence-corrected chi connectivity index (χ4v) is 4.12. The van der Waals surface area contributed by atoms with E-state index in [1.165, 1.54) is 18.0 Å². The Balaban J connectivity index is 1.30. The zero-order valence-corrected chi connectivity index (χ0v) is 17.7. The van der Waals surface area contributed by atoms with Gasteiger partial charge in [-0.25, -0.2) is 9.97 Å². The fourth-order valence-electron chi connectivity index (χ4n) is 3.24. The molecular weight excluding hydrogens is 412 g/mol. The first-order chi connectivity index (χ1) is 15.2. The number of nitrogens with zero attached hydrogens (tertiary/aromatic N) is 3. The molecule has 1 aliphatic heterocycles. The van der Waals surface area contributed by atoms with Crippen LogP contribution in [-0.2, 0) is 4.79 Å². The lowest BCUT2D eigenvalue weighted by molar-refractivity contribution is -0.118. The van der Waals surface area contributed by atoms with Crippen LogP contribution in [0.25, 0.3) is 0 Å². The van der Waals surface area contributed by atoms with E-state index in [1.54, 1.807) is 11.1 Å². The maximum absolute atomic E-state index is 12.7. The van der Waals surface area contributed by atoms with Crippen molar-refractivity contribution in [2.24, 2.45) is 0 Å². The van der Waals surface area contributed by atoms with Crippen LogP contribution in [-0.4, -0.2) is 41.5 Å². The molecule has 2 amide bonds. The van der Waals surface area contributed by atoms with E-state index in [1.807, 2.05) is 54.6 Å². The van der Waals surface area contributed by atoms with Crippen LogP contribution in [0.3, 0.4) is 0 Å². The summed E-state index contributed by atoms with van der Waals surface area (Å²) in [6.07, 6.45) is 3.94. The number of carbonyl (C=O) groups excluding carboxylic acids is 2. The second kappa shape index (κ2) is 10.1. The summed E-state index contributed by atoms with van der Waals surface area (Å²) in [5.41, 5.74) is 1.08. The molecule has 0 spiro atoms. The SMILES string of the molecule is O=C(NCCCC(=O)N1CCOc2ccccc21)c1nccnc1Sc1ccccc1. The third-order valence-corrected chi connectivity index (χ3v) is 5.72. The molecule has 7 nitrogen and oxygen atoms in total. The third kappa shape index (κ3) is 5.21. The standard InChI is InChI=1S/C23H22N4O3S/c28-20(27-15-16-30-19-10-5-4-9-18(19)27)11-6-12-25-22(29)21-23(26-14-13-24-21)31-17-7-2-1-3-8-17/h1-5,7-10,13-14H,6,11-12,15-16H2,(H,25,29).